The molecule has 1 fully saturated rings. The van der Waals surface area contributed by atoms with Crippen LogP contribution in [-0.2, 0) is 42.9 Å². The maximum Gasteiger partial charge on any atom is 0.303 e. The quantitative estimate of drug-likeness (QED) is 0.356. The molecule has 2 aromatic carbocycles. The second-order valence-electron chi connectivity index (χ2n) is 9.64. The smallest absolute Gasteiger partial charge is 0.303 e. The molecule has 11 heteroatoms. The van der Waals surface area contributed by atoms with Crippen LogP contribution in [0.3, 0.4) is 0 Å². The van der Waals surface area contributed by atoms with Gasteiger partial charge < -0.3 is 33.5 Å². The van der Waals surface area contributed by atoms with Gasteiger partial charge in [0.25, 0.3) is 0 Å². The molecule has 3 rings (SSSR count). The number of aromatic hydroxyl groups is 1. The summed E-state index contributed by atoms with van der Waals surface area (Å²) in [5.74, 6) is -2.13. The lowest BCUT2D eigenvalue weighted by molar-refractivity contribution is -0.288. The number of hydrogen-bond acceptors (Lipinski definition) is 11. The summed E-state index contributed by atoms with van der Waals surface area (Å²) in [6.07, 6.45) is -6.39. The molecule has 40 heavy (non-hydrogen) atoms. The first-order valence-electron chi connectivity index (χ1n) is 12.8. The Labute approximate surface area is 232 Å². The van der Waals surface area contributed by atoms with Crippen LogP contribution in [0.2, 0.25) is 0 Å². The van der Waals surface area contributed by atoms with E-state index in [1.807, 2.05) is 6.07 Å². The maximum absolute atomic E-state index is 12.0. The molecule has 216 valence electrons. The summed E-state index contributed by atoms with van der Waals surface area (Å²) in [6.45, 7) is 8.40. The van der Waals surface area contributed by atoms with Gasteiger partial charge in [0.05, 0.1) is 0 Å². The minimum absolute atomic E-state index is 0.136. The van der Waals surface area contributed by atoms with Crippen LogP contribution in [0.15, 0.2) is 42.5 Å². The second-order valence-corrected chi connectivity index (χ2v) is 9.64. The highest BCUT2D eigenvalue weighted by atomic mass is 16.7. The number of carbonyl (C=O) groups is 4. The molecule has 1 aliphatic rings. The fourth-order valence-corrected chi connectivity index (χ4v) is 4.43. The van der Waals surface area contributed by atoms with Crippen molar-refractivity contribution in [2.24, 2.45) is 0 Å². The van der Waals surface area contributed by atoms with Crippen molar-refractivity contribution in [3.63, 3.8) is 0 Å². The average molecular weight is 559 g/mol. The van der Waals surface area contributed by atoms with Crippen LogP contribution in [-0.4, -0.2) is 66.3 Å². The third kappa shape index (κ3) is 7.95. The van der Waals surface area contributed by atoms with Crippen molar-refractivity contribution in [1.29, 1.82) is 0 Å². The van der Waals surface area contributed by atoms with Crippen LogP contribution in [0, 0.1) is 0 Å². The Kier molecular flexibility index (Phi) is 10.1. The zero-order chi connectivity index (χ0) is 29.6. The highest BCUT2D eigenvalue weighted by molar-refractivity contribution is 5.71. The highest BCUT2D eigenvalue weighted by Crippen LogP contribution is 2.35. The molecule has 0 aliphatic carbocycles. The molecule has 2 aromatic rings. The summed E-state index contributed by atoms with van der Waals surface area (Å²) in [5.41, 5.74) is 2.73. The van der Waals surface area contributed by atoms with Gasteiger partial charge in [-0.1, -0.05) is 32.0 Å². The van der Waals surface area contributed by atoms with Gasteiger partial charge in [0.15, 0.2) is 12.2 Å². The molecule has 0 amide bonds. The standard InChI is InChI=1S/C29H34O11/c1-15(2)23-12-9-21(34)13-24(23)20-7-10-22(11-8-20)39-29-28(38-19(6)33)27(37-18(5)32)26(36-17(4)31)25(40-29)14-35-16(3)30/h7-13,15,25-29,34H,14H2,1-6H3/t25-,26-,27+,28-,29?/m1/s1. The van der Waals surface area contributed by atoms with E-state index >= 15 is 0 Å². The van der Waals surface area contributed by atoms with Crippen LogP contribution in [0.5, 0.6) is 11.5 Å². The average Bonchev–Trinajstić information content (AvgIpc) is 2.85. The zero-order valence-corrected chi connectivity index (χ0v) is 23.2. The lowest BCUT2D eigenvalue weighted by Gasteiger charge is -2.43. The summed E-state index contributed by atoms with van der Waals surface area (Å²) < 4.78 is 33.3. The number of benzene rings is 2. The number of phenols is 1. The van der Waals surface area contributed by atoms with Crippen LogP contribution >= 0.6 is 0 Å². The van der Waals surface area contributed by atoms with Gasteiger partial charge in [-0.25, -0.2) is 0 Å². The van der Waals surface area contributed by atoms with Crippen molar-refractivity contribution in [2.45, 2.75) is 78.2 Å². The van der Waals surface area contributed by atoms with Gasteiger partial charge in [-0.15, -0.1) is 0 Å². The lowest BCUT2D eigenvalue weighted by Crippen LogP contribution is -2.63. The molecule has 1 unspecified atom stereocenters. The number of esters is 4. The third-order valence-corrected chi connectivity index (χ3v) is 6.02. The van der Waals surface area contributed by atoms with Crippen LogP contribution < -0.4 is 4.74 Å². The normalized spacial score (nSPS) is 22.2. The number of ether oxygens (including phenoxy) is 6. The molecule has 0 bridgehead atoms. The van der Waals surface area contributed by atoms with E-state index in [4.69, 9.17) is 28.4 Å². The van der Waals surface area contributed by atoms with Crippen LogP contribution in [0.25, 0.3) is 11.1 Å². The highest BCUT2D eigenvalue weighted by Gasteiger charge is 2.53. The molecule has 1 aliphatic heterocycles. The molecule has 1 N–H and O–H groups in total. The minimum Gasteiger partial charge on any atom is -0.508 e. The van der Waals surface area contributed by atoms with E-state index in [1.54, 1.807) is 36.4 Å². The first kappa shape index (κ1) is 30.4. The summed E-state index contributed by atoms with van der Waals surface area (Å²) in [5, 5.41) is 10.0. The third-order valence-electron chi connectivity index (χ3n) is 6.02. The Morgan fingerprint density at radius 1 is 0.800 bits per heavy atom. The van der Waals surface area contributed by atoms with E-state index in [0.717, 1.165) is 37.5 Å². The summed E-state index contributed by atoms with van der Waals surface area (Å²) in [6, 6.07) is 12.1. The van der Waals surface area contributed by atoms with E-state index in [2.05, 4.69) is 13.8 Å². The molecule has 0 saturated carbocycles. The molecule has 11 nitrogen and oxygen atoms in total. The Hall–Kier alpha value is -4.12. The largest absolute Gasteiger partial charge is 0.508 e. The summed E-state index contributed by atoms with van der Waals surface area (Å²) in [4.78, 5) is 47.4. The minimum atomic E-state index is -1.34. The predicted molar refractivity (Wildman–Crippen MR) is 140 cm³/mol. The summed E-state index contributed by atoms with van der Waals surface area (Å²) in [7, 11) is 0. The second kappa shape index (κ2) is 13.3. The van der Waals surface area contributed by atoms with Crippen molar-refractivity contribution in [3.05, 3.63) is 48.0 Å². The number of rotatable bonds is 9. The van der Waals surface area contributed by atoms with Crippen molar-refractivity contribution < 1.29 is 52.7 Å². The lowest BCUT2D eigenvalue weighted by atomic mass is 9.92. The molecule has 0 spiro atoms. The van der Waals surface area contributed by atoms with Gasteiger partial charge in [0.1, 0.15) is 24.2 Å². The molecular formula is C29H34O11. The van der Waals surface area contributed by atoms with E-state index in [-0.39, 0.29) is 18.3 Å². The SMILES string of the molecule is CC(=O)OC[C@H]1OC(Oc2ccc(-c3cc(O)ccc3C(C)C)cc2)[C@H](OC(C)=O)[C@@H](OC(C)=O)[C@@H]1OC(C)=O. The molecular weight excluding hydrogens is 524 g/mol. The van der Waals surface area contributed by atoms with E-state index in [0.29, 0.717) is 5.75 Å². The topological polar surface area (TPSA) is 144 Å². The van der Waals surface area contributed by atoms with Gasteiger partial charge in [-0.05, 0) is 46.9 Å². The Bertz CT molecular complexity index is 1220. The maximum atomic E-state index is 12.0. The number of phenolic OH excluding ortho intramolecular Hbond substituents is 1. The Morgan fingerprint density at radius 3 is 1.93 bits per heavy atom. The molecule has 1 heterocycles. The number of carbonyl (C=O) groups excluding carboxylic acids is 4. The van der Waals surface area contributed by atoms with Crippen LogP contribution in [0.4, 0.5) is 0 Å². The zero-order valence-electron chi connectivity index (χ0n) is 23.2. The molecule has 1 saturated heterocycles. The summed E-state index contributed by atoms with van der Waals surface area (Å²) >= 11 is 0. The first-order valence-corrected chi connectivity index (χ1v) is 12.8. The Balaban J connectivity index is 1.96. The van der Waals surface area contributed by atoms with Crippen molar-refractivity contribution in [3.8, 4) is 22.6 Å². The first-order chi connectivity index (χ1) is 18.8. The van der Waals surface area contributed by atoms with Gasteiger partial charge >= 0.3 is 23.9 Å². The van der Waals surface area contributed by atoms with Crippen molar-refractivity contribution in [2.75, 3.05) is 6.61 Å². The Morgan fingerprint density at radius 2 is 1.38 bits per heavy atom. The fraction of sp³-hybridized carbons (Fsp3) is 0.448. The van der Waals surface area contributed by atoms with Crippen LogP contribution in [0.1, 0.15) is 53.0 Å². The van der Waals surface area contributed by atoms with Gasteiger partial charge in [0, 0.05) is 27.7 Å². The monoisotopic (exact) mass is 558 g/mol. The van der Waals surface area contributed by atoms with Gasteiger partial charge in [-0.2, -0.15) is 0 Å². The molecule has 5 atom stereocenters. The van der Waals surface area contributed by atoms with Crippen molar-refractivity contribution >= 4 is 23.9 Å². The molecule has 0 aromatic heterocycles. The van der Waals surface area contributed by atoms with Gasteiger partial charge in [0.2, 0.25) is 12.4 Å². The van der Waals surface area contributed by atoms with E-state index in [9.17, 15) is 24.3 Å². The molecule has 0 radical (unpaired) electrons. The number of hydrogen-bond donors (Lipinski definition) is 1. The van der Waals surface area contributed by atoms with Gasteiger partial charge in [-0.3, -0.25) is 19.2 Å². The van der Waals surface area contributed by atoms with E-state index < -0.39 is 54.6 Å². The van der Waals surface area contributed by atoms with Crippen molar-refractivity contribution in [1.82, 2.24) is 0 Å². The van der Waals surface area contributed by atoms with E-state index in [1.165, 1.54) is 6.92 Å². The predicted octanol–water partition coefficient (Wildman–Crippen LogP) is 3.64. The fourth-order valence-electron chi connectivity index (χ4n) is 4.43.